The van der Waals surface area contributed by atoms with Crippen molar-refractivity contribution in [3.8, 4) is 0 Å². The van der Waals surface area contributed by atoms with Crippen molar-refractivity contribution in [2.75, 3.05) is 24.5 Å². The van der Waals surface area contributed by atoms with E-state index in [9.17, 15) is 0 Å². The molecule has 1 aromatic heterocycles. The van der Waals surface area contributed by atoms with Gasteiger partial charge in [0.2, 0.25) is 0 Å². The van der Waals surface area contributed by atoms with E-state index < -0.39 is 0 Å². The number of nitrogens with one attached hydrogen (secondary N) is 1. The van der Waals surface area contributed by atoms with Gasteiger partial charge < -0.3 is 10.2 Å². The van der Waals surface area contributed by atoms with Gasteiger partial charge >= 0.3 is 0 Å². The molecule has 0 aliphatic heterocycles. The number of nitrogens with zero attached hydrogens (tertiary/aromatic N) is 2. The van der Waals surface area contributed by atoms with Gasteiger partial charge in [-0.3, -0.25) is 4.98 Å². The summed E-state index contributed by atoms with van der Waals surface area (Å²) in [5, 5.41) is 3.37. The van der Waals surface area contributed by atoms with Crippen LogP contribution in [0.25, 0.3) is 0 Å². The van der Waals surface area contributed by atoms with Gasteiger partial charge in [0.25, 0.3) is 0 Å². The van der Waals surface area contributed by atoms with E-state index in [-0.39, 0.29) is 0 Å². The first kappa shape index (κ1) is 14.0. The Morgan fingerprint density at radius 3 is 2.53 bits per heavy atom. The fraction of sp³-hybridized carbons (Fsp3) is 0.643. The average molecular weight is 235 g/mol. The highest BCUT2D eigenvalue weighted by molar-refractivity contribution is 5.44. The standard InChI is InChI=1S/C14H25N3/c1-5-10-17(7-3)13-8-9-14(16-11-13)12(4)15-6-2/h8-9,11-12,15H,5-7,10H2,1-4H3. The minimum atomic E-state index is 0.329. The number of pyridine rings is 1. The number of hydrogen-bond donors (Lipinski definition) is 1. The number of anilines is 1. The molecule has 1 unspecified atom stereocenters. The van der Waals surface area contributed by atoms with Gasteiger partial charge in [-0.1, -0.05) is 13.8 Å². The zero-order chi connectivity index (χ0) is 12.7. The van der Waals surface area contributed by atoms with Gasteiger partial charge in [-0.25, -0.2) is 0 Å². The maximum Gasteiger partial charge on any atom is 0.0572 e. The molecule has 3 nitrogen and oxygen atoms in total. The lowest BCUT2D eigenvalue weighted by molar-refractivity contribution is 0.583. The van der Waals surface area contributed by atoms with Crippen LogP contribution in [0.4, 0.5) is 5.69 Å². The Balaban J connectivity index is 2.72. The predicted molar refractivity (Wildman–Crippen MR) is 74.5 cm³/mol. The van der Waals surface area contributed by atoms with Crippen molar-refractivity contribution in [2.24, 2.45) is 0 Å². The molecule has 3 heteroatoms. The van der Waals surface area contributed by atoms with Gasteiger partial charge in [-0.2, -0.15) is 0 Å². The maximum absolute atomic E-state index is 4.54. The Morgan fingerprint density at radius 2 is 2.06 bits per heavy atom. The van der Waals surface area contributed by atoms with Crippen LogP contribution in [0.5, 0.6) is 0 Å². The molecule has 0 bridgehead atoms. The van der Waals surface area contributed by atoms with Crippen molar-refractivity contribution >= 4 is 5.69 Å². The highest BCUT2D eigenvalue weighted by atomic mass is 15.1. The topological polar surface area (TPSA) is 28.2 Å². The second kappa shape index (κ2) is 7.28. The molecule has 1 atom stereocenters. The minimum Gasteiger partial charge on any atom is -0.371 e. The molecule has 0 aliphatic rings. The molecular weight excluding hydrogens is 210 g/mol. The maximum atomic E-state index is 4.54. The molecule has 0 saturated heterocycles. The summed E-state index contributed by atoms with van der Waals surface area (Å²) in [6.45, 7) is 11.8. The first-order chi connectivity index (χ1) is 8.22. The summed E-state index contributed by atoms with van der Waals surface area (Å²) >= 11 is 0. The summed E-state index contributed by atoms with van der Waals surface area (Å²) < 4.78 is 0. The smallest absolute Gasteiger partial charge is 0.0572 e. The minimum absolute atomic E-state index is 0.329. The molecular formula is C14H25N3. The third-order valence-corrected chi connectivity index (χ3v) is 2.97. The summed E-state index contributed by atoms with van der Waals surface area (Å²) in [6, 6.07) is 4.63. The molecule has 0 saturated carbocycles. The van der Waals surface area contributed by atoms with E-state index in [1.54, 1.807) is 0 Å². The van der Waals surface area contributed by atoms with Crippen LogP contribution in [0.2, 0.25) is 0 Å². The van der Waals surface area contributed by atoms with Crippen LogP contribution < -0.4 is 10.2 Å². The third-order valence-electron chi connectivity index (χ3n) is 2.97. The molecule has 0 aliphatic carbocycles. The monoisotopic (exact) mass is 235 g/mol. The lowest BCUT2D eigenvalue weighted by Gasteiger charge is -2.22. The third kappa shape index (κ3) is 4.00. The molecule has 0 spiro atoms. The summed E-state index contributed by atoms with van der Waals surface area (Å²) in [4.78, 5) is 6.90. The molecule has 0 amide bonds. The summed E-state index contributed by atoms with van der Waals surface area (Å²) in [5.74, 6) is 0. The number of hydrogen-bond acceptors (Lipinski definition) is 3. The van der Waals surface area contributed by atoms with Crippen molar-refractivity contribution in [2.45, 2.75) is 40.2 Å². The van der Waals surface area contributed by atoms with Crippen LogP contribution >= 0.6 is 0 Å². The van der Waals surface area contributed by atoms with Crippen LogP contribution in [-0.2, 0) is 0 Å². The van der Waals surface area contributed by atoms with Crippen LogP contribution in [-0.4, -0.2) is 24.6 Å². The van der Waals surface area contributed by atoms with Crippen molar-refractivity contribution in [3.05, 3.63) is 24.0 Å². The van der Waals surface area contributed by atoms with Crippen molar-refractivity contribution in [3.63, 3.8) is 0 Å². The average Bonchev–Trinajstić information content (AvgIpc) is 2.36. The molecule has 0 radical (unpaired) electrons. The van der Waals surface area contributed by atoms with E-state index in [1.807, 2.05) is 6.20 Å². The molecule has 1 rings (SSSR count). The van der Waals surface area contributed by atoms with E-state index in [4.69, 9.17) is 0 Å². The van der Waals surface area contributed by atoms with Crippen LogP contribution in [0, 0.1) is 0 Å². The van der Waals surface area contributed by atoms with Gasteiger partial charge in [-0.15, -0.1) is 0 Å². The molecule has 0 aromatic carbocycles. The molecule has 1 N–H and O–H groups in total. The second-order valence-electron chi connectivity index (χ2n) is 4.30. The number of aromatic nitrogens is 1. The Kier molecular flexibility index (Phi) is 5.98. The fourth-order valence-corrected chi connectivity index (χ4v) is 1.99. The molecule has 17 heavy (non-hydrogen) atoms. The van der Waals surface area contributed by atoms with Crippen LogP contribution in [0.3, 0.4) is 0 Å². The van der Waals surface area contributed by atoms with E-state index in [1.165, 1.54) is 12.1 Å². The number of rotatable bonds is 7. The fourth-order valence-electron chi connectivity index (χ4n) is 1.99. The molecule has 1 aromatic rings. The summed E-state index contributed by atoms with van der Waals surface area (Å²) in [6.07, 6.45) is 3.16. The second-order valence-corrected chi connectivity index (χ2v) is 4.30. The van der Waals surface area contributed by atoms with Gasteiger partial charge in [0.15, 0.2) is 0 Å². The molecule has 96 valence electrons. The Morgan fingerprint density at radius 1 is 1.29 bits per heavy atom. The highest BCUT2D eigenvalue weighted by Crippen LogP contribution is 2.16. The van der Waals surface area contributed by atoms with Gasteiger partial charge in [-0.05, 0) is 38.9 Å². The highest BCUT2D eigenvalue weighted by Gasteiger charge is 2.07. The lowest BCUT2D eigenvalue weighted by Crippen LogP contribution is -2.24. The zero-order valence-corrected chi connectivity index (χ0v) is 11.5. The Bertz CT molecular complexity index is 308. The largest absolute Gasteiger partial charge is 0.371 e. The van der Waals surface area contributed by atoms with Gasteiger partial charge in [0.05, 0.1) is 17.6 Å². The molecule has 1 heterocycles. The normalized spacial score (nSPS) is 12.5. The van der Waals surface area contributed by atoms with Crippen LogP contribution in [0.1, 0.15) is 45.9 Å². The van der Waals surface area contributed by atoms with Gasteiger partial charge in [0, 0.05) is 19.1 Å². The van der Waals surface area contributed by atoms with Crippen molar-refractivity contribution in [1.29, 1.82) is 0 Å². The first-order valence-electron chi connectivity index (χ1n) is 6.67. The van der Waals surface area contributed by atoms with Gasteiger partial charge in [0.1, 0.15) is 0 Å². The van der Waals surface area contributed by atoms with Crippen molar-refractivity contribution < 1.29 is 0 Å². The SMILES string of the molecule is CCCN(CC)c1ccc(C(C)NCC)nc1. The van der Waals surface area contributed by atoms with Crippen LogP contribution in [0.15, 0.2) is 18.3 Å². The van der Waals surface area contributed by atoms with Crippen molar-refractivity contribution in [1.82, 2.24) is 10.3 Å². The molecule has 0 fully saturated rings. The quantitative estimate of drug-likeness (QED) is 0.787. The van der Waals surface area contributed by atoms with E-state index in [0.29, 0.717) is 6.04 Å². The first-order valence-corrected chi connectivity index (χ1v) is 6.67. The Labute approximate surface area is 105 Å². The summed E-state index contributed by atoms with van der Waals surface area (Å²) in [7, 11) is 0. The lowest BCUT2D eigenvalue weighted by atomic mass is 10.2. The summed E-state index contributed by atoms with van der Waals surface area (Å²) in [5.41, 5.74) is 2.34. The van der Waals surface area contributed by atoms with E-state index in [0.717, 1.165) is 25.3 Å². The van der Waals surface area contributed by atoms with E-state index in [2.05, 4.69) is 55.0 Å². The Hall–Kier alpha value is -1.09. The van der Waals surface area contributed by atoms with E-state index >= 15 is 0 Å². The zero-order valence-electron chi connectivity index (χ0n) is 11.5. The predicted octanol–water partition coefficient (Wildman–Crippen LogP) is 2.99.